The lowest BCUT2D eigenvalue weighted by atomic mass is 9.68. The lowest BCUT2D eigenvalue weighted by Crippen LogP contribution is -2.55. The molecule has 2 saturated carbocycles. The molecule has 122 valence electrons. The van der Waals surface area contributed by atoms with Crippen LogP contribution in [-0.4, -0.2) is 47.0 Å². The van der Waals surface area contributed by atoms with Gasteiger partial charge in [-0.3, -0.25) is 0 Å². The third kappa shape index (κ3) is 3.30. The Kier molecular flexibility index (Phi) is 4.63. The van der Waals surface area contributed by atoms with Gasteiger partial charge in [0.25, 0.3) is 0 Å². The van der Waals surface area contributed by atoms with Crippen molar-refractivity contribution in [1.29, 1.82) is 0 Å². The first-order valence-electron chi connectivity index (χ1n) is 9.11. The van der Waals surface area contributed by atoms with Gasteiger partial charge in [0, 0.05) is 37.6 Å². The monoisotopic (exact) mass is 295 g/mol. The minimum atomic E-state index is -0.373. The number of hydrogen-bond donors (Lipinski definition) is 2. The van der Waals surface area contributed by atoms with Crippen molar-refractivity contribution < 1.29 is 10.2 Å². The van der Waals surface area contributed by atoms with E-state index in [2.05, 4.69) is 11.8 Å². The van der Waals surface area contributed by atoms with Crippen LogP contribution in [0.2, 0.25) is 0 Å². The van der Waals surface area contributed by atoms with Crippen molar-refractivity contribution >= 4 is 0 Å². The van der Waals surface area contributed by atoms with Crippen LogP contribution in [-0.2, 0) is 0 Å². The molecule has 0 radical (unpaired) electrons. The van der Waals surface area contributed by atoms with Crippen LogP contribution in [0.15, 0.2) is 0 Å². The molecule has 2 aliphatic carbocycles. The Morgan fingerprint density at radius 2 is 1.81 bits per heavy atom. The van der Waals surface area contributed by atoms with Crippen LogP contribution in [0, 0.1) is 17.3 Å². The Labute approximate surface area is 129 Å². The van der Waals surface area contributed by atoms with Crippen molar-refractivity contribution in [3.8, 4) is 0 Å². The van der Waals surface area contributed by atoms with Gasteiger partial charge < -0.3 is 15.1 Å². The molecule has 3 nitrogen and oxygen atoms in total. The van der Waals surface area contributed by atoms with Crippen molar-refractivity contribution in [2.45, 2.75) is 70.3 Å². The molecular weight excluding hydrogens is 262 g/mol. The first kappa shape index (κ1) is 15.8. The van der Waals surface area contributed by atoms with E-state index in [0.29, 0.717) is 12.5 Å². The molecule has 0 spiro atoms. The summed E-state index contributed by atoms with van der Waals surface area (Å²) in [6, 6.07) is 0. The Hall–Kier alpha value is -0.120. The number of aliphatic hydroxyl groups is 2. The maximum Gasteiger partial charge on any atom is 0.0700 e. The number of hydrogen-bond acceptors (Lipinski definition) is 3. The van der Waals surface area contributed by atoms with Crippen LogP contribution < -0.4 is 0 Å². The second-order valence-electron chi connectivity index (χ2n) is 8.37. The molecule has 3 rings (SSSR count). The molecule has 3 aliphatic rings. The summed E-state index contributed by atoms with van der Waals surface area (Å²) in [7, 11) is 0. The topological polar surface area (TPSA) is 43.7 Å². The van der Waals surface area contributed by atoms with Crippen molar-refractivity contribution in [3.63, 3.8) is 0 Å². The van der Waals surface area contributed by atoms with Gasteiger partial charge in [-0.05, 0) is 38.0 Å². The van der Waals surface area contributed by atoms with Gasteiger partial charge in [-0.25, -0.2) is 0 Å². The summed E-state index contributed by atoms with van der Waals surface area (Å²) >= 11 is 0. The van der Waals surface area contributed by atoms with Crippen molar-refractivity contribution in [2.24, 2.45) is 17.3 Å². The van der Waals surface area contributed by atoms with E-state index in [1.807, 2.05) is 0 Å². The van der Waals surface area contributed by atoms with E-state index in [1.54, 1.807) is 0 Å². The fourth-order valence-electron chi connectivity index (χ4n) is 5.00. The zero-order valence-electron chi connectivity index (χ0n) is 13.7. The van der Waals surface area contributed by atoms with Gasteiger partial charge in [0.15, 0.2) is 0 Å². The maximum atomic E-state index is 10.8. The van der Waals surface area contributed by atoms with Crippen molar-refractivity contribution in [2.75, 3.05) is 26.2 Å². The average Bonchev–Trinajstić information content (AvgIpc) is 2.50. The summed E-state index contributed by atoms with van der Waals surface area (Å²) in [5, 5.41) is 20.8. The predicted octanol–water partition coefficient (Wildman–Crippen LogP) is 2.80. The van der Waals surface area contributed by atoms with Crippen molar-refractivity contribution in [3.05, 3.63) is 0 Å². The van der Waals surface area contributed by atoms with Crippen LogP contribution >= 0.6 is 0 Å². The Morgan fingerprint density at radius 3 is 2.52 bits per heavy atom. The smallest absolute Gasteiger partial charge is 0.0700 e. The second kappa shape index (κ2) is 6.17. The first-order chi connectivity index (χ1) is 10.1. The maximum absolute atomic E-state index is 10.8. The fraction of sp³-hybridized carbons (Fsp3) is 1.00. The third-order valence-electron chi connectivity index (χ3n) is 6.74. The molecule has 0 aromatic rings. The minimum absolute atomic E-state index is 0.136. The largest absolute Gasteiger partial charge is 0.396 e. The third-order valence-corrected chi connectivity index (χ3v) is 6.74. The fourth-order valence-corrected chi connectivity index (χ4v) is 5.00. The highest BCUT2D eigenvalue weighted by Gasteiger charge is 2.44. The zero-order chi connectivity index (χ0) is 14.9. The van der Waals surface area contributed by atoms with Gasteiger partial charge in [-0.15, -0.1) is 0 Å². The molecule has 1 saturated heterocycles. The lowest BCUT2D eigenvalue weighted by molar-refractivity contribution is -0.105. The van der Waals surface area contributed by atoms with Crippen LogP contribution in [0.5, 0.6) is 0 Å². The molecule has 1 aliphatic heterocycles. The highest BCUT2D eigenvalue weighted by Crippen LogP contribution is 2.43. The van der Waals surface area contributed by atoms with Gasteiger partial charge in [-0.2, -0.15) is 0 Å². The Morgan fingerprint density at radius 1 is 1.05 bits per heavy atom. The van der Waals surface area contributed by atoms with E-state index < -0.39 is 0 Å². The standard InChI is InChI=1S/C18H33NO2/c1-15-5-8-17(14-20,9-6-15)13-19-11-10-18(21)7-3-2-4-16(18)12-19/h15-16,20-21H,2-14H2,1H3. The summed E-state index contributed by atoms with van der Waals surface area (Å²) in [6.45, 7) is 5.79. The first-order valence-corrected chi connectivity index (χ1v) is 9.11. The number of rotatable bonds is 3. The lowest BCUT2D eigenvalue weighted by Gasteiger charge is -2.50. The number of fused-ring (bicyclic) bond motifs is 1. The van der Waals surface area contributed by atoms with E-state index in [-0.39, 0.29) is 11.0 Å². The molecule has 3 fully saturated rings. The Bertz CT molecular complexity index is 351. The summed E-state index contributed by atoms with van der Waals surface area (Å²) in [5.74, 6) is 1.30. The second-order valence-corrected chi connectivity index (χ2v) is 8.37. The summed E-state index contributed by atoms with van der Waals surface area (Å²) in [4.78, 5) is 2.55. The number of nitrogens with zero attached hydrogens (tertiary/aromatic N) is 1. The minimum Gasteiger partial charge on any atom is -0.396 e. The van der Waals surface area contributed by atoms with Crippen LogP contribution in [0.25, 0.3) is 0 Å². The average molecular weight is 295 g/mol. The van der Waals surface area contributed by atoms with E-state index in [0.717, 1.165) is 38.4 Å². The van der Waals surface area contributed by atoms with E-state index in [9.17, 15) is 10.2 Å². The molecular formula is C18H33NO2. The normalized spacial score (nSPS) is 45.3. The van der Waals surface area contributed by atoms with E-state index in [4.69, 9.17) is 0 Å². The molecule has 2 atom stereocenters. The Balaban J connectivity index is 1.60. The van der Waals surface area contributed by atoms with Gasteiger partial charge in [-0.1, -0.05) is 32.6 Å². The van der Waals surface area contributed by atoms with Crippen LogP contribution in [0.4, 0.5) is 0 Å². The molecule has 0 bridgehead atoms. The highest BCUT2D eigenvalue weighted by atomic mass is 16.3. The number of likely N-dealkylation sites (tertiary alicyclic amines) is 1. The molecule has 2 unspecified atom stereocenters. The van der Waals surface area contributed by atoms with Gasteiger partial charge in [0.1, 0.15) is 0 Å². The molecule has 21 heavy (non-hydrogen) atoms. The van der Waals surface area contributed by atoms with Crippen LogP contribution in [0.3, 0.4) is 0 Å². The highest BCUT2D eigenvalue weighted by molar-refractivity contribution is 4.97. The predicted molar refractivity (Wildman–Crippen MR) is 85.1 cm³/mol. The molecule has 0 amide bonds. The van der Waals surface area contributed by atoms with Crippen molar-refractivity contribution in [1.82, 2.24) is 4.90 Å². The van der Waals surface area contributed by atoms with E-state index >= 15 is 0 Å². The molecule has 0 aromatic carbocycles. The van der Waals surface area contributed by atoms with Gasteiger partial charge in [0.05, 0.1) is 5.60 Å². The summed E-state index contributed by atoms with van der Waals surface area (Å²) in [6.07, 6.45) is 10.5. The SMILES string of the molecule is CC1CCC(CO)(CN2CCC3(O)CCCCC3C2)CC1. The van der Waals surface area contributed by atoms with Gasteiger partial charge >= 0.3 is 0 Å². The number of aliphatic hydroxyl groups excluding tert-OH is 1. The van der Waals surface area contributed by atoms with Gasteiger partial charge in [0.2, 0.25) is 0 Å². The molecule has 2 N–H and O–H groups in total. The zero-order valence-corrected chi connectivity index (χ0v) is 13.7. The number of piperidine rings is 1. The molecule has 1 heterocycles. The summed E-state index contributed by atoms with van der Waals surface area (Å²) in [5.41, 5.74) is -0.237. The summed E-state index contributed by atoms with van der Waals surface area (Å²) < 4.78 is 0. The molecule has 0 aromatic heterocycles. The quantitative estimate of drug-likeness (QED) is 0.841. The molecule has 3 heteroatoms. The van der Waals surface area contributed by atoms with E-state index in [1.165, 1.54) is 44.9 Å². The van der Waals surface area contributed by atoms with Crippen LogP contribution in [0.1, 0.15) is 64.7 Å².